The van der Waals surface area contributed by atoms with Crippen molar-refractivity contribution in [3.05, 3.63) is 37.5 Å². The van der Waals surface area contributed by atoms with Crippen LogP contribution in [-0.2, 0) is 4.74 Å². The van der Waals surface area contributed by atoms with Gasteiger partial charge in [0.15, 0.2) is 0 Å². The fourth-order valence-electron chi connectivity index (χ4n) is 2.06. The standard InChI is InChI=1S/C10H13N5O4S/c1-20-7-3-15(10(18)12-9(7)17)8-2-5(13-14-11)6(4-16)19-8/h3,5-6,8,16H,2,4H2,1H3,(H,12,17,18). The molecule has 0 spiro atoms. The summed E-state index contributed by atoms with van der Waals surface area (Å²) in [5.74, 6) is 0. The first-order valence-corrected chi connectivity index (χ1v) is 7.03. The second-order valence-electron chi connectivity index (χ2n) is 4.18. The summed E-state index contributed by atoms with van der Waals surface area (Å²) >= 11 is 1.20. The molecule has 1 aromatic rings. The molecule has 108 valence electrons. The van der Waals surface area contributed by atoms with Crippen LogP contribution >= 0.6 is 11.8 Å². The second kappa shape index (κ2) is 6.14. The molecule has 9 nitrogen and oxygen atoms in total. The molecule has 1 aromatic heterocycles. The maximum Gasteiger partial charge on any atom is 0.330 e. The van der Waals surface area contributed by atoms with E-state index >= 15 is 0 Å². The van der Waals surface area contributed by atoms with Crippen LogP contribution in [0.5, 0.6) is 0 Å². The Balaban J connectivity index is 2.36. The lowest BCUT2D eigenvalue weighted by atomic mass is 10.1. The van der Waals surface area contributed by atoms with Crippen LogP contribution in [0, 0.1) is 0 Å². The number of nitrogens with zero attached hydrogens (tertiary/aromatic N) is 4. The smallest absolute Gasteiger partial charge is 0.330 e. The van der Waals surface area contributed by atoms with Crippen LogP contribution in [0.2, 0.25) is 0 Å². The van der Waals surface area contributed by atoms with Gasteiger partial charge >= 0.3 is 5.69 Å². The van der Waals surface area contributed by atoms with Crippen molar-refractivity contribution in [2.24, 2.45) is 5.11 Å². The topological polar surface area (TPSA) is 133 Å². The fourth-order valence-corrected chi connectivity index (χ4v) is 2.52. The van der Waals surface area contributed by atoms with Crippen molar-refractivity contribution in [2.75, 3.05) is 12.9 Å². The van der Waals surface area contributed by atoms with Crippen molar-refractivity contribution in [2.45, 2.75) is 29.7 Å². The zero-order valence-electron chi connectivity index (χ0n) is 10.6. The Bertz CT molecular complexity index is 650. The van der Waals surface area contributed by atoms with E-state index in [-0.39, 0.29) is 13.0 Å². The van der Waals surface area contributed by atoms with Crippen LogP contribution in [-0.4, -0.2) is 39.7 Å². The maximum absolute atomic E-state index is 11.8. The number of nitrogens with one attached hydrogen (secondary N) is 1. The van der Waals surface area contributed by atoms with Crippen LogP contribution in [0.25, 0.3) is 10.4 Å². The number of aromatic amines is 1. The molecular weight excluding hydrogens is 286 g/mol. The number of azide groups is 1. The van der Waals surface area contributed by atoms with Gasteiger partial charge in [-0.2, -0.15) is 0 Å². The van der Waals surface area contributed by atoms with Crippen molar-refractivity contribution in [1.82, 2.24) is 9.55 Å². The van der Waals surface area contributed by atoms with Gasteiger partial charge in [-0.25, -0.2) is 4.79 Å². The van der Waals surface area contributed by atoms with Crippen molar-refractivity contribution in [3.63, 3.8) is 0 Å². The minimum absolute atomic E-state index is 0.259. The third-order valence-corrected chi connectivity index (χ3v) is 3.78. The van der Waals surface area contributed by atoms with E-state index in [4.69, 9.17) is 10.3 Å². The predicted molar refractivity (Wildman–Crippen MR) is 71.7 cm³/mol. The minimum atomic E-state index is -0.683. The van der Waals surface area contributed by atoms with E-state index in [0.29, 0.717) is 4.90 Å². The van der Waals surface area contributed by atoms with Crippen molar-refractivity contribution >= 4 is 11.8 Å². The molecule has 1 aliphatic rings. The molecule has 0 aromatic carbocycles. The first-order chi connectivity index (χ1) is 9.60. The SMILES string of the molecule is CSc1cn(C2CC(N=[N+]=[N-])C(CO)O2)c(=O)[nH]c1=O. The molecule has 0 saturated carbocycles. The van der Waals surface area contributed by atoms with E-state index in [1.165, 1.54) is 22.5 Å². The van der Waals surface area contributed by atoms with Crippen molar-refractivity contribution in [1.29, 1.82) is 0 Å². The number of hydrogen-bond acceptors (Lipinski definition) is 6. The van der Waals surface area contributed by atoms with E-state index in [9.17, 15) is 14.7 Å². The molecule has 2 heterocycles. The Morgan fingerprint density at radius 2 is 2.45 bits per heavy atom. The second-order valence-corrected chi connectivity index (χ2v) is 5.03. The number of aliphatic hydroxyl groups is 1. The average molecular weight is 299 g/mol. The summed E-state index contributed by atoms with van der Waals surface area (Å²) in [6, 6.07) is -0.549. The van der Waals surface area contributed by atoms with Crippen molar-refractivity contribution in [3.8, 4) is 0 Å². The van der Waals surface area contributed by atoms with Gasteiger partial charge in [0.1, 0.15) is 6.23 Å². The summed E-state index contributed by atoms with van der Waals surface area (Å²) in [4.78, 5) is 28.6. The quantitative estimate of drug-likeness (QED) is 0.355. The highest BCUT2D eigenvalue weighted by Gasteiger charge is 2.35. The molecule has 3 atom stereocenters. The third-order valence-electron chi connectivity index (χ3n) is 3.05. The number of thioether (sulfide) groups is 1. The summed E-state index contributed by atoms with van der Waals surface area (Å²) in [5, 5.41) is 12.7. The lowest BCUT2D eigenvalue weighted by Gasteiger charge is -2.15. The molecule has 0 aliphatic carbocycles. The van der Waals surface area contributed by atoms with E-state index in [2.05, 4.69) is 15.0 Å². The monoisotopic (exact) mass is 299 g/mol. The highest BCUT2D eigenvalue weighted by atomic mass is 32.2. The van der Waals surface area contributed by atoms with Crippen molar-refractivity contribution < 1.29 is 9.84 Å². The number of hydrogen-bond donors (Lipinski definition) is 2. The minimum Gasteiger partial charge on any atom is -0.394 e. The van der Waals surface area contributed by atoms with Crippen LogP contribution in [0.15, 0.2) is 25.8 Å². The molecule has 0 bridgehead atoms. The Hall–Kier alpha value is -1.74. The molecular formula is C10H13N5O4S. The normalized spacial score (nSPS) is 25.4. The first kappa shape index (κ1) is 14.7. The zero-order valence-corrected chi connectivity index (χ0v) is 11.4. The van der Waals surface area contributed by atoms with Gasteiger partial charge < -0.3 is 9.84 Å². The molecule has 0 radical (unpaired) electrons. The molecule has 0 amide bonds. The van der Waals surface area contributed by atoms with Gasteiger partial charge in [-0.3, -0.25) is 14.3 Å². The molecule has 2 rings (SSSR count). The van der Waals surface area contributed by atoms with Crippen LogP contribution in [0.4, 0.5) is 0 Å². The van der Waals surface area contributed by atoms with E-state index in [0.717, 1.165) is 0 Å². The van der Waals surface area contributed by atoms with Crippen LogP contribution in [0.1, 0.15) is 12.6 Å². The third kappa shape index (κ3) is 2.73. The largest absolute Gasteiger partial charge is 0.394 e. The molecule has 3 unspecified atom stereocenters. The Labute approximate surface area is 117 Å². The number of H-pyrrole nitrogens is 1. The van der Waals surface area contributed by atoms with Gasteiger partial charge in [-0.15, -0.1) is 11.8 Å². The number of aromatic nitrogens is 2. The summed E-state index contributed by atoms with van der Waals surface area (Å²) in [6.07, 6.45) is 2.04. The lowest BCUT2D eigenvalue weighted by molar-refractivity contribution is -0.0274. The van der Waals surface area contributed by atoms with Gasteiger partial charge in [0.25, 0.3) is 5.56 Å². The molecule has 1 saturated heterocycles. The molecule has 20 heavy (non-hydrogen) atoms. The van der Waals surface area contributed by atoms with E-state index < -0.39 is 29.6 Å². The Morgan fingerprint density at radius 3 is 3.05 bits per heavy atom. The Kier molecular flexibility index (Phi) is 4.50. The van der Waals surface area contributed by atoms with E-state index in [1.54, 1.807) is 6.26 Å². The van der Waals surface area contributed by atoms with E-state index in [1.807, 2.05) is 0 Å². The maximum atomic E-state index is 11.8. The predicted octanol–water partition coefficient (Wildman–Crippen LogP) is 0.217. The fraction of sp³-hybridized carbons (Fsp3) is 0.600. The number of rotatable bonds is 4. The molecule has 1 aliphatic heterocycles. The summed E-state index contributed by atoms with van der Waals surface area (Å²) in [5.41, 5.74) is 7.41. The van der Waals surface area contributed by atoms with Crippen LogP contribution < -0.4 is 11.2 Å². The van der Waals surface area contributed by atoms with Gasteiger partial charge in [0.05, 0.1) is 23.6 Å². The highest BCUT2D eigenvalue weighted by molar-refractivity contribution is 7.98. The zero-order chi connectivity index (χ0) is 14.7. The average Bonchev–Trinajstić information content (AvgIpc) is 2.82. The highest BCUT2D eigenvalue weighted by Crippen LogP contribution is 2.30. The van der Waals surface area contributed by atoms with Gasteiger partial charge in [0.2, 0.25) is 0 Å². The van der Waals surface area contributed by atoms with Gasteiger partial charge in [0, 0.05) is 17.5 Å². The summed E-state index contributed by atoms with van der Waals surface area (Å²) < 4.78 is 6.74. The van der Waals surface area contributed by atoms with Gasteiger partial charge in [-0.05, 0) is 11.8 Å². The number of ether oxygens (including phenoxy) is 1. The van der Waals surface area contributed by atoms with Gasteiger partial charge in [-0.1, -0.05) is 5.11 Å². The number of aliphatic hydroxyl groups excluding tert-OH is 1. The Morgan fingerprint density at radius 1 is 1.70 bits per heavy atom. The molecule has 10 heteroatoms. The molecule has 2 N–H and O–H groups in total. The van der Waals surface area contributed by atoms with Crippen LogP contribution in [0.3, 0.4) is 0 Å². The molecule has 1 fully saturated rings. The lowest BCUT2D eigenvalue weighted by Crippen LogP contribution is -2.33. The first-order valence-electron chi connectivity index (χ1n) is 5.80. The summed E-state index contributed by atoms with van der Waals surface area (Å²) in [6.45, 7) is -0.312. The summed E-state index contributed by atoms with van der Waals surface area (Å²) in [7, 11) is 0.